The largest absolute Gasteiger partial charge is 0.480 e. The molecule has 2 saturated heterocycles. The van der Waals surface area contributed by atoms with Gasteiger partial charge in [0.25, 0.3) is 0 Å². The maximum absolute atomic E-state index is 12.3. The number of nitrogens with zero attached hydrogens (tertiary/aromatic N) is 4. The van der Waals surface area contributed by atoms with E-state index in [4.69, 9.17) is 0 Å². The van der Waals surface area contributed by atoms with E-state index < -0.39 is 12.0 Å². The number of hydrogen-bond donors (Lipinski definition) is 1. The molecule has 1 unspecified atom stereocenters. The third kappa shape index (κ3) is 3.61. The molecule has 1 amide bonds. The van der Waals surface area contributed by atoms with Crippen molar-refractivity contribution in [1.29, 1.82) is 0 Å². The van der Waals surface area contributed by atoms with Crippen LogP contribution in [0.25, 0.3) is 0 Å². The summed E-state index contributed by atoms with van der Waals surface area (Å²) in [6.45, 7) is 7.11. The van der Waals surface area contributed by atoms with Crippen molar-refractivity contribution in [1.82, 2.24) is 19.4 Å². The van der Waals surface area contributed by atoms with Crippen molar-refractivity contribution in [2.45, 2.75) is 64.6 Å². The van der Waals surface area contributed by atoms with Gasteiger partial charge in [-0.1, -0.05) is 0 Å². The zero-order valence-electron chi connectivity index (χ0n) is 16.3. The second-order valence-electron chi connectivity index (χ2n) is 8.91. The quantitative estimate of drug-likeness (QED) is 0.854. The third-order valence-corrected chi connectivity index (χ3v) is 6.60. The highest BCUT2D eigenvalue weighted by atomic mass is 16.4. The highest BCUT2D eigenvalue weighted by Gasteiger charge is 2.49. The third-order valence-electron chi connectivity index (χ3n) is 6.60. The summed E-state index contributed by atoms with van der Waals surface area (Å²) >= 11 is 0. The number of hydrogen-bond acceptors (Lipinski definition) is 4. The van der Waals surface area contributed by atoms with Gasteiger partial charge in [0.2, 0.25) is 5.91 Å². The molecule has 3 aliphatic rings. The minimum atomic E-state index is -0.744. The van der Waals surface area contributed by atoms with E-state index in [1.165, 1.54) is 0 Å². The summed E-state index contributed by atoms with van der Waals surface area (Å²) in [7, 11) is 0. The first kappa shape index (κ1) is 18.5. The van der Waals surface area contributed by atoms with Crippen LogP contribution in [0.1, 0.15) is 57.8 Å². The molecule has 148 valence electrons. The Morgan fingerprint density at radius 3 is 2.59 bits per heavy atom. The fraction of sp³-hybridized carbons (Fsp3) is 0.750. The Bertz CT molecular complexity index is 717. The van der Waals surface area contributed by atoms with Gasteiger partial charge in [0.15, 0.2) is 0 Å². The lowest BCUT2D eigenvalue weighted by Gasteiger charge is -2.39. The lowest BCUT2D eigenvalue weighted by Crippen LogP contribution is -2.44. The number of aromatic nitrogens is 2. The molecule has 3 fully saturated rings. The zero-order valence-corrected chi connectivity index (χ0v) is 16.3. The highest BCUT2D eigenvalue weighted by Crippen LogP contribution is 2.45. The molecule has 1 N–H and O–H groups in total. The Morgan fingerprint density at radius 2 is 2.00 bits per heavy atom. The van der Waals surface area contributed by atoms with E-state index in [2.05, 4.69) is 28.3 Å². The SMILES string of the molecule is CC(C)n1ccnc1CN1CC2(CCN(C(=O)C3CC3)CC2)CC1C(=O)O. The molecule has 1 aliphatic carbocycles. The van der Waals surface area contributed by atoms with E-state index in [0.29, 0.717) is 24.9 Å². The van der Waals surface area contributed by atoms with Gasteiger partial charge in [0, 0.05) is 44.0 Å². The molecule has 1 spiro atoms. The molecule has 0 aromatic carbocycles. The summed E-state index contributed by atoms with van der Waals surface area (Å²) in [5, 5.41) is 9.79. The van der Waals surface area contributed by atoms with E-state index in [-0.39, 0.29) is 11.3 Å². The topological polar surface area (TPSA) is 78.7 Å². The number of imidazole rings is 1. The van der Waals surface area contributed by atoms with Crippen molar-refractivity contribution in [2.24, 2.45) is 11.3 Å². The average molecular weight is 374 g/mol. The summed E-state index contributed by atoms with van der Waals surface area (Å²) < 4.78 is 2.11. The van der Waals surface area contributed by atoms with E-state index >= 15 is 0 Å². The summed E-state index contributed by atoms with van der Waals surface area (Å²) in [6.07, 6.45) is 8.32. The molecule has 0 radical (unpaired) electrons. The molecule has 1 aromatic rings. The molecule has 1 aromatic heterocycles. The van der Waals surface area contributed by atoms with Gasteiger partial charge in [0.05, 0.1) is 6.54 Å². The zero-order chi connectivity index (χ0) is 19.2. The van der Waals surface area contributed by atoms with Crippen molar-refractivity contribution < 1.29 is 14.7 Å². The lowest BCUT2D eigenvalue weighted by atomic mass is 9.76. The van der Waals surface area contributed by atoms with Gasteiger partial charge >= 0.3 is 5.97 Å². The van der Waals surface area contributed by atoms with E-state index in [1.807, 2.05) is 11.1 Å². The van der Waals surface area contributed by atoms with Crippen LogP contribution >= 0.6 is 0 Å². The number of carbonyl (C=O) groups excluding carboxylic acids is 1. The molecule has 4 rings (SSSR count). The van der Waals surface area contributed by atoms with Crippen LogP contribution in [0.5, 0.6) is 0 Å². The normalized spacial score (nSPS) is 25.4. The molecule has 1 atom stereocenters. The molecular formula is C20H30N4O3. The highest BCUT2D eigenvalue weighted by molar-refractivity contribution is 5.81. The minimum absolute atomic E-state index is 0.0125. The molecule has 7 nitrogen and oxygen atoms in total. The van der Waals surface area contributed by atoms with Crippen LogP contribution in [0.15, 0.2) is 12.4 Å². The van der Waals surface area contributed by atoms with Crippen LogP contribution in [0, 0.1) is 11.3 Å². The Balaban J connectivity index is 1.45. The fourth-order valence-corrected chi connectivity index (χ4v) is 4.82. The maximum atomic E-state index is 12.3. The number of likely N-dealkylation sites (tertiary alicyclic amines) is 2. The van der Waals surface area contributed by atoms with Gasteiger partial charge in [0.1, 0.15) is 11.9 Å². The fourth-order valence-electron chi connectivity index (χ4n) is 4.82. The maximum Gasteiger partial charge on any atom is 0.320 e. The Hall–Kier alpha value is -1.89. The summed E-state index contributed by atoms with van der Waals surface area (Å²) in [5.41, 5.74) is 0.0125. The number of piperidine rings is 1. The van der Waals surface area contributed by atoms with Crippen molar-refractivity contribution >= 4 is 11.9 Å². The number of carboxylic acids is 1. The molecule has 3 heterocycles. The average Bonchev–Trinajstić information content (AvgIpc) is 3.28. The second kappa shape index (κ2) is 6.93. The van der Waals surface area contributed by atoms with Crippen LogP contribution < -0.4 is 0 Å². The van der Waals surface area contributed by atoms with Crippen LogP contribution in [0.2, 0.25) is 0 Å². The first-order valence-electron chi connectivity index (χ1n) is 10.2. The standard InChI is InChI=1S/C20H30N4O3/c1-14(2)24-10-7-21-17(24)12-23-13-20(11-16(23)19(26)27)5-8-22(9-6-20)18(25)15-3-4-15/h7,10,14-16H,3-6,8-9,11-13H2,1-2H3,(H,26,27). The predicted octanol–water partition coefficient (Wildman–Crippen LogP) is 2.14. The minimum Gasteiger partial charge on any atom is -0.480 e. The van der Waals surface area contributed by atoms with Gasteiger partial charge in [-0.15, -0.1) is 0 Å². The van der Waals surface area contributed by atoms with Gasteiger partial charge in [-0.25, -0.2) is 4.98 Å². The van der Waals surface area contributed by atoms with Crippen LogP contribution in [-0.4, -0.2) is 62.0 Å². The first-order chi connectivity index (χ1) is 12.9. The van der Waals surface area contributed by atoms with Gasteiger partial charge in [-0.05, 0) is 51.4 Å². The van der Waals surface area contributed by atoms with Crippen LogP contribution in [0.4, 0.5) is 0 Å². The van der Waals surface area contributed by atoms with Crippen molar-refractivity contribution in [2.75, 3.05) is 19.6 Å². The number of aliphatic carboxylic acids is 1. The van der Waals surface area contributed by atoms with Crippen molar-refractivity contribution in [3.8, 4) is 0 Å². The molecular weight excluding hydrogens is 344 g/mol. The van der Waals surface area contributed by atoms with Gasteiger partial charge < -0.3 is 14.6 Å². The molecule has 1 saturated carbocycles. The van der Waals surface area contributed by atoms with E-state index in [0.717, 1.165) is 51.1 Å². The summed E-state index contributed by atoms with van der Waals surface area (Å²) in [5.74, 6) is 0.759. The summed E-state index contributed by atoms with van der Waals surface area (Å²) in [4.78, 5) is 32.8. The lowest BCUT2D eigenvalue weighted by molar-refractivity contribution is -0.142. The second-order valence-corrected chi connectivity index (χ2v) is 8.91. The van der Waals surface area contributed by atoms with E-state index in [1.54, 1.807) is 6.20 Å². The number of amides is 1. The Kier molecular flexibility index (Phi) is 4.74. The van der Waals surface area contributed by atoms with Crippen molar-refractivity contribution in [3.63, 3.8) is 0 Å². The number of carboxylic acid groups (broad SMARTS) is 1. The molecule has 0 bridgehead atoms. The molecule has 2 aliphatic heterocycles. The van der Waals surface area contributed by atoms with E-state index in [9.17, 15) is 14.7 Å². The Labute approximate surface area is 160 Å². The Morgan fingerprint density at radius 1 is 1.30 bits per heavy atom. The molecule has 7 heteroatoms. The van der Waals surface area contributed by atoms with Gasteiger partial charge in [-0.3, -0.25) is 14.5 Å². The van der Waals surface area contributed by atoms with Gasteiger partial charge in [-0.2, -0.15) is 0 Å². The number of rotatable bonds is 5. The monoisotopic (exact) mass is 374 g/mol. The van der Waals surface area contributed by atoms with Crippen molar-refractivity contribution in [3.05, 3.63) is 18.2 Å². The smallest absolute Gasteiger partial charge is 0.320 e. The summed E-state index contributed by atoms with van der Waals surface area (Å²) in [6, 6.07) is -0.160. The van der Waals surface area contributed by atoms with Crippen LogP contribution in [0.3, 0.4) is 0 Å². The predicted molar refractivity (Wildman–Crippen MR) is 100 cm³/mol. The first-order valence-corrected chi connectivity index (χ1v) is 10.2. The number of carbonyl (C=O) groups is 2. The van der Waals surface area contributed by atoms with Crippen LogP contribution in [-0.2, 0) is 16.1 Å². The molecule has 27 heavy (non-hydrogen) atoms.